The number of esters is 1. The lowest BCUT2D eigenvalue weighted by Gasteiger charge is -2.28. The first-order valence-corrected chi connectivity index (χ1v) is 12.5. The summed E-state index contributed by atoms with van der Waals surface area (Å²) in [6.07, 6.45) is 1.75. The predicted molar refractivity (Wildman–Crippen MR) is 148 cm³/mol. The monoisotopic (exact) mass is 532 g/mol. The maximum Gasteiger partial charge on any atom is 0.337 e. The van der Waals surface area contributed by atoms with E-state index < -0.39 is 5.97 Å². The lowest BCUT2D eigenvalue weighted by Crippen LogP contribution is -2.29. The number of carbonyl (C=O) groups excluding carboxylic acids is 1. The van der Waals surface area contributed by atoms with E-state index in [-0.39, 0.29) is 17.8 Å². The number of pyridine rings is 1. The minimum absolute atomic E-state index is 0.0693. The molecule has 1 saturated heterocycles. The summed E-state index contributed by atoms with van der Waals surface area (Å²) in [4.78, 5) is 18.7. The fraction of sp³-hybridized carbons (Fsp3) is 0.179. The molecule has 5 rings (SSSR count). The molecule has 2 N–H and O–H groups in total. The van der Waals surface area contributed by atoms with Crippen molar-refractivity contribution in [1.29, 1.82) is 0 Å². The Morgan fingerprint density at radius 2 is 1.92 bits per heavy atom. The molecule has 0 saturated carbocycles. The van der Waals surface area contributed by atoms with Gasteiger partial charge in [0.2, 0.25) is 0 Å². The van der Waals surface area contributed by atoms with Crippen molar-refractivity contribution in [3.63, 3.8) is 0 Å². The van der Waals surface area contributed by atoms with Crippen molar-refractivity contribution in [2.75, 3.05) is 12.0 Å². The van der Waals surface area contributed by atoms with Gasteiger partial charge in [0.25, 0.3) is 0 Å². The minimum Gasteiger partial charge on any atom is -0.506 e. The summed E-state index contributed by atoms with van der Waals surface area (Å²) in [6, 6.07) is 19.5. The molecule has 0 unspecified atom stereocenters. The average Bonchev–Trinajstić information content (AvgIpc) is 3.40. The number of aromatic nitrogens is 2. The van der Waals surface area contributed by atoms with Crippen LogP contribution < -0.4 is 10.2 Å². The molecular formula is C28H25ClN4O3S. The van der Waals surface area contributed by atoms with Crippen LogP contribution in [0.1, 0.15) is 45.1 Å². The van der Waals surface area contributed by atoms with Crippen molar-refractivity contribution in [3.05, 3.63) is 106 Å². The second-order valence-electron chi connectivity index (χ2n) is 8.83. The van der Waals surface area contributed by atoms with Crippen LogP contribution in [-0.2, 0) is 4.74 Å². The summed E-state index contributed by atoms with van der Waals surface area (Å²) in [5.74, 6) is -0.326. The van der Waals surface area contributed by atoms with Gasteiger partial charge >= 0.3 is 5.97 Å². The molecule has 0 aliphatic carbocycles. The molecule has 0 bridgehead atoms. The fourth-order valence-electron chi connectivity index (χ4n) is 4.99. The number of halogens is 1. The van der Waals surface area contributed by atoms with E-state index in [1.807, 2.05) is 55.1 Å². The molecule has 2 atom stereocenters. The molecule has 9 heteroatoms. The Labute approximate surface area is 225 Å². The molecular weight excluding hydrogens is 508 g/mol. The third kappa shape index (κ3) is 4.43. The van der Waals surface area contributed by atoms with Gasteiger partial charge in [-0.1, -0.05) is 23.7 Å². The first-order valence-electron chi connectivity index (χ1n) is 11.7. The lowest BCUT2D eigenvalue weighted by atomic mass is 9.96. The van der Waals surface area contributed by atoms with Gasteiger partial charge in [0.1, 0.15) is 5.75 Å². The molecule has 4 aromatic rings. The van der Waals surface area contributed by atoms with E-state index in [4.69, 9.17) is 28.6 Å². The normalized spacial score (nSPS) is 17.1. The van der Waals surface area contributed by atoms with E-state index in [2.05, 4.69) is 20.9 Å². The fourth-order valence-corrected chi connectivity index (χ4v) is 5.50. The summed E-state index contributed by atoms with van der Waals surface area (Å²) >= 11 is 12.1. The highest BCUT2D eigenvalue weighted by atomic mass is 35.5. The standard InChI is InChI=1S/C28H25ClN4O3S/c1-16-13-21(17(2)32(16)20-8-6-7-18(14-20)27(35)36-3)26-25(22-9-4-5-12-30-22)31-28(37)33(26)23-15-19(29)10-11-24(23)34/h4-15,25-26,34H,1-3H3,(H,31,37)/t25-,26+/m1/s1. The largest absolute Gasteiger partial charge is 0.506 e. The molecule has 0 amide bonds. The van der Waals surface area contributed by atoms with Crippen LogP contribution in [0.4, 0.5) is 5.69 Å². The van der Waals surface area contributed by atoms with Crippen molar-refractivity contribution < 1.29 is 14.6 Å². The van der Waals surface area contributed by atoms with Gasteiger partial charge in [-0.15, -0.1) is 0 Å². The van der Waals surface area contributed by atoms with E-state index in [1.165, 1.54) is 7.11 Å². The first-order chi connectivity index (χ1) is 17.8. The molecule has 37 heavy (non-hydrogen) atoms. The number of benzene rings is 2. The van der Waals surface area contributed by atoms with Crippen LogP contribution in [0.3, 0.4) is 0 Å². The molecule has 3 heterocycles. The van der Waals surface area contributed by atoms with Gasteiger partial charge in [-0.25, -0.2) is 4.79 Å². The first kappa shape index (κ1) is 24.8. The van der Waals surface area contributed by atoms with Gasteiger partial charge in [-0.2, -0.15) is 0 Å². The minimum atomic E-state index is -0.396. The number of aromatic hydroxyl groups is 1. The summed E-state index contributed by atoms with van der Waals surface area (Å²) in [6.45, 7) is 4.04. The van der Waals surface area contributed by atoms with Crippen LogP contribution in [0.2, 0.25) is 5.02 Å². The predicted octanol–water partition coefficient (Wildman–Crippen LogP) is 5.81. The molecule has 7 nitrogen and oxygen atoms in total. The van der Waals surface area contributed by atoms with Crippen LogP contribution in [0, 0.1) is 13.8 Å². The van der Waals surface area contributed by atoms with E-state index in [0.29, 0.717) is 21.4 Å². The number of hydrogen-bond donors (Lipinski definition) is 2. The summed E-state index contributed by atoms with van der Waals surface area (Å²) < 4.78 is 7.01. The molecule has 2 aromatic heterocycles. The SMILES string of the molecule is COC(=O)c1cccc(-n2c(C)cc([C@H]3[C@@H](c4ccccn4)NC(=S)N3c3cc(Cl)ccc3O)c2C)c1. The number of phenolic OH excluding ortho intramolecular Hbond substituents is 1. The number of ether oxygens (including phenoxy) is 1. The second kappa shape index (κ2) is 9.88. The number of nitrogens with one attached hydrogen (secondary N) is 1. The van der Waals surface area contributed by atoms with Crippen LogP contribution in [-0.4, -0.2) is 32.8 Å². The van der Waals surface area contributed by atoms with Gasteiger partial charge in [0, 0.05) is 28.3 Å². The third-order valence-electron chi connectivity index (χ3n) is 6.61. The lowest BCUT2D eigenvalue weighted by molar-refractivity contribution is 0.0600. The molecule has 2 aromatic carbocycles. The van der Waals surface area contributed by atoms with E-state index in [9.17, 15) is 9.90 Å². The zero-order valence-electron chi connectivity index (χ0n) is 20.5. The quantitative estimate of drug-likeness (QED) is 0.248. The zero-order valence-corrected chi connectivity index (χ0v) is 22.0. The molecule has 1 aliphatic rings. The Balaban J connectivity index is 1.69. The van der Waals surface area contributed by atoms with Crippen LogP contribution in [0.25, 0.3) is 5.69 Å². The topological polar surface area (TPSA) is 79.6 Å². The Kier molecular flexibility index (Phi) is 6.62. The van der Waals surface area contributed by atoms with Crippen molar-refractivity contribution in [2.24, 2.45) is 0 Å². The third-order valence-corrected chi connectivity index (χ3v) is 7.16. The summed E-state index contributed by atoms with van der Waals surface area (Å²) in [5.41, 5.74) is 5.55. The molecule has 1 fully saturated rings. The molecule has 188 valence electrons. The van der Waals surface area contributed by atoms with Gasteiger partial charge in [0.15, 0.2) is 5.11 Å². The number of rotatable bonds is 5. The number of aryl methyl sites for hydroxylation is 1. The van der Waals surface area contributed by atoms with Crippen molar-refractivity contribution >= 4 is 40.6 Å². The number of thiocarbonyl (C=S) groups is 1. The van der Waals surface area contributed by atoms with Gasteiger partial charge in [-0.3, -0.25) is 4.98 Å². The van der Waals surface area contributed by atoms with Crippen LogP contribution >= 0.6 is 23.8 Å². The number of anilines is 1. The average molecular weight is 533 g/mol. The van der Waals surface area contributed by atoms with Crippen molar-refractivity contribution in [1.82, 2.24) is 14.9 Å². The number of carbonyl (C=O) groups is 1. The number of methoxy groups -OCH3 is 1. The Morgan fingerprint density at radius 1 is 1.11 bits per heavy atom. The Bertz CT molecular complexity index is 1500. The van der Waals surface area contributed by atoms with E-state index >= 15 is 0 Å². The van der Waals surface area contributed by atoms with Gasteiger partial charge < -0.3 is 24.6 Å². The van der Waals surface area contributed by atoms with Crippen molar-refractivity contribution in [2.45, 2.75) is 25.9 Å². The molecule has 1 aliphatic heterocycles. The van der Waals surface area contributed by atoms with Gasteiger partial charge in [0.05, 0.1) is 36.1 Å². The molecule has 0 radical (unpaired) electrons. The highest BCUT2D eigenvalue weighted by molar-refractivity contribution is 7.80. The summed E-state index contributed by atoms with van der Waals surface area (Å²) in [5, 5.41) is 15.1. The number of nitrogens with zero attached hydrogens (tertiary/aromatic N) is 3. The number of hydrogen-bond acceptors (Lipinski definition) is 5. The van der Waals surface area contributed by atoms with Crippen molar-refractivity contribution in [3.8, 4) is 11.4 Å². The van der Waals surface area contributed by atoms with Crippen LogP contribution in [0.5, 0.6) is 5.75 Å². The van der Waals surface area contributed by atoms with Crippen LogP contribution in [0.15, 0.2) is 72.9 Å². The van der Waals surface area contributed by atoms with E-state index in [0.717, 1.165) is 28.3 Å². The zero-order chi connectivity index (χ0) is 26.3. The van der Waals surface area contributed by atoms with Gasteiger partial charge in [-0.05, 0) is 86.2 Å². The second-order valence-corrected chi connectivity index (χ2v) is 9.66. The van der Waals surface area contributed by atoms with E-state index in [1.54, 1.807) is 30.5 Å². The smallest absolute Gasteiger partial charge is 0.337 e. The Morgan fingerprint density at radius 3 is 2.65 bits per heavy atom. The maximum absolute atomic E-state index is 12.2. The highest BCUT2D eigenvalue weighted by Crippen LogP contribution is 2.46. The summed E-state index contributed by atoms with van der Waals surface area (Å²) in [7, 11) is 1.37. The Hall–Kier alpha value is -3.88. The number of phenols is 1. The highest BCUT2D eigenvalue weighted by Gasteiger charge is 2.43. The maximum atomic E-state index is 12.2. The molecule has 0 spiro atoms.